The molecule has 7 nitrogen and oxygen atoms in total. The van der Waals surface area contributed by atoms with Gasteiger partial charge in [0.05, 0.1) is 18.5 Å². The van der Waals surface area contributed by atoms with Crippen LogP contribution >= 0.6 is 24.0 Å². The molecule has 2 unspecified atom stereocenters. The maximum absolute atomic E-state index is 10.9. The third kappa shape index (κ3) is 4.62. The molecule has 0 radical (unpaired) electrons. The van der Waals surface area contributed by atoms with Gasteiger partial charge in [-0.05, 0) is 31.4 Å². The van der Waals surface area contributed by atoms with Crippen LogP contribution in [0.2, 0.25) is 0 Å². The Morgan fingerprint density at radius 3 is 2.91 bits per heavy atom. The second-order valence-electron chi connectivity index (χ2n) is 4.97. The lowest BCUT2D eigenvalue weighted by molar-refractivity contribution is 0.0972. The van der Waals surface area contributed by atoms with E-state index in [2.05, 4.69) is 21.7 Å². The summed E-state index contributed by atoms with van der Waals surface area (Å²) < 4.78 is 5.28. The molecule has 22 heavy (non-hydrogen) atoms. The second kappa shape index (κ2) is 8.63. The SMILES string of the molecule is CN=C(NCc1ccc(C(N)=O)o1)NC1CCCC1C#N.I. The molecule has 4 N–H and O–H groups in total. The van der Waals surface area contributed by atoms with Gasteiger partial charge in [0.1, 0.15) is 5.76 Å². The van der Waals surface area contributed by atoms with Crippen molar-refractivity contribution in [2.45, 2.75) is 31.8 Å². The Kier molecular flexibility index (Phi) is 7.17. The summed E-state index contributed by atoms with van der Waals surface area (Å²) in [5, 5.41) is 15.4. The Labute approximate surface area is 146 Å². The third-order valence-electron chi connectivity index (χ3n) is 3.56. The smallest absolute Gasteiger partial charge is 0.284 e. The molecular weight excluding hydrogens is 397 g/mol. The predicted molar refractivity (Wildman–Crippen MR) is 92.7 cm³/mol. The fourth-order valence-corrected chi connectivity index (χ4v) is 2.43. The zero-order valence-electron chi connectivity index (χ0n) is 12.3. The highest BCUT2D eigenvalue weighted by molar-refractivity contribution is 14.0. The average Bonchev–Trinajstić information content (AvgIpc) is 3.12. The Hall–Kier alpha value is -1.76. The summed E-state index contributed by atoms with van der Waals surface area (Å²) in [4.78, 5) is 15.1. The van der Waals surface area contributed by atoms with Gasteiger partial charge in [0.15, 0.2) is 11.7 Å². The summed E-state index contributed by atoms with van der Waals surface area (Å²) in [5.74, 6) is 0.768. The topological polar surface area (TPSA) is 116 Å². The van der Waals surface area contributed by atoms with E-state index in [0.29, 0.717) is 18.3 Å². The number of hydrogen-bond acceptors (Lipinski definition) is 4. The average molecular weight is 417 g/mol. The number of rotatable bonds is 4. The normalized spacial score (nSPS) is 20.8. The van der Waals surface area contributed by atoms with Crippen molar-refractivity contribution in [1.29, 1.82) is 5.26 Å². The first-order chi connectivity index (χ1) is 10.1. The highest BCUT2D eigenvalue weighted by Crippen LogP contribution is 2.24. The number of aliphatic imine (C=N–C) groups is 1. The van der Waals surface area contributed by atoms with Gasteiger partial charge < -0.3 is 20.8 Å². The number of nitriles is 1. The van der Waals surface area contributed by atoms with E-state index in [4.69, 9.17) is 15.4 Å². The molecular formula is C14H20IN5O2. The second-order valence-corrected chi connectivity index (χ2v) is 4.97. The van der Waals surface area contributed by atoms with Gasteiger partial charge >= 0.3 is 0 Å². The Bertz CT molecular complexity index is 578. The quantitative estimate of drug-likeness (QED) is 0.389. The lowest BCUT2D eigenvalue weighted by atomic mass is 10.1. The van der Waals surface area contributed by atoms with Crippen molar-refractivity contribution in [3.8, 4) is 6.07 Å². The predicted octanol–water partition coefficient (Wildman–Crippen LogP) is 1.35. The van der Waals surface area contributed by atoms with Crippen molar-refractivity contribution in [1.82, 2.24) is 10.6 Å². The van der Waals surface area contributed by atoms with E-state index >= 15 is 0 Å². The number of hydrogen-bond donors (Lipinski definition) is 3. The van der Waals surface area contributed by atoms with Crippen molar-refractivity contribution >= 4 is 35.8 Å². The molecule has 0 saturated heterocycles. The highest BCUT2D eigenvalue weighted by atomic mass is 127. The number of nitrogens with one attached hydrogen (secondary N) is 2. The number of carbonyl (C=O) groups is 1. The van der Waals surface area contributed by atoms with Crippen molar-refractivity contribution < 1.29 is 9.21 Å². The number of amides is 1. The summed E-state index contributed by atoms with van der Waals surface area (Å²) in [6.45, 7) is 0.386. The van der Waals surface area contributed by atoms with Crippen LogP contribution < -0.4 is 16.4 Å². The molecule has 1 aliphatic rings. The maximum atomic E-state index is 10.9. The number of nitrogens with zero attached hydrogens (tertiary/aromatic N) is 2. The van der Waals surface area contributed by atoms with Crippen LogP contribution in [0.1, 0.15) is 35.6 Å². The fourth-order valence-electron chi connectivity index (χ4n) is 2.43. The first-order valence-corrected chi connectivity index (χ1v) is 6.89. The maximum Gasteiger partial charge on any atom is 0.284 e. The van der Waals surface area contributed by atoms with Gasteiger partial charge in [-0.3, -0.25) is 9.79 Å². The molecule has 1 heterocycles. The summed E-state index contributed by atoms with van der Waals surface area (Å²) >= 11 is 0. The number of guanidine groups is 1. The lowest BCUT2D eigenvalue weighted by Gasteiger charge is -2.18. The van der Waals surface area contributed by atoms with Crippen LogP contribution in [0.5, 0.6) is 0 Å². The van der Waals surface area contributed by atoms with E-state index in [9.17, 15) is 4.79 Å². The minimum Gasteiger partial charge on any atom is -0.454 e. The van der Waals surface area contributed by atoms with Gasteiger partial charge in [0, 0.05) is 13.1 Å². The molecule has 0 spiro atoms. The van der Waals surface area contributed by atoms with Crippen LogP contribution in [-0.2, 0) is 6.54 Å². The van der Waals surface area contributed by atoms with E-state index in [1.807, 2.05) is 0 Å². The molecule has 0 aromatic carbocycles. The molecule has 8 heteroatoms. The minimum atomic E-state index is -0.591. The van der Waals surface area contributed by atoms with Crippen LogP contribution in [0.4, 0.5) is 0 Å². The summed E-state index contributed by atoms with van der Waals surface area (Å²) in [6, 6.07) is 5.67. The molecule has 1 aromatic rings. The molecule has 1 saturated carbocycles. The first-order valence-electron chi connectivity index (χ1n) is 6.89. The Balaban J connectivity index is 0.00000242. The molecule has 2 rings (SSSR count). The molecule has 1 aromatic heterocycles. The van der Waals surface area contributed by atoms with Crippen molar-refractivity contribution in [3.05, 3.63) is 23.7 Å². The first kappa shape index (κ1) is 18.3. The lowest BCUT2D eigenvalue weighted by Crippen LogP contribution is -2.44. The Morgan fingerprint density at radius 1 is 1.55 bits per heavy atom. The van der Waals surface area contributed by atoms with Gasteiger partial charge in [0.2, 0.25) is 0 Å². The van der Waals surface area contributed by atoms with Gasteiger partial charge in [-0.2, -0.15) is 5.26 Å². The van der Waals surface area contributed by atoms with Gasteiger partial charge in [-0.25, -0.2) is 0 Å². The van der Waals surface area contributed by atoms with Gasteiger partial charge in [0.25, 0.3) is 5.91 Å². The summed E-state index contributed by atoms with van der Waals surface area (Å²) in [5.41, 5.74) is 5.13. The number of halogens is 1. The molecule has 1 fully saturated rings. The number of carbonyl (C=O) groups excluding carboxylic acids is 1. The van der Waals surface area contributed by atoms with E-state index in [1.54, 1.807) is 13.1 Å². The minimum absolute atomic E-state index is 0. The standard InChI is InChI=1S/C14H19N5O2.HI/c1-17-14(19-11-4-2-3-9(11)7-15)18-8-10-5-6-12(21-10)13(16)20;/h5-6,9,11H,2-4,8H2,1H3,(H2,16,20)(H2,17,18,19);1H. The van der Waals surface area contributed by atoms with Crippen LogP contribution in [-0.4, -0.2) is 25.0 Å². The van der Waals surface area contributed by atoms with E-state index < -0.39 is 5.91 Å². The zero-order valence-corrected chi connectivity index (χ0v) is 14.7. The van der Waals surface area contributed by atoms with E-state index in [1.165, 1.54) is 6.07 Å². The molecule has 2 atom stereocenters. The molecule has 0 aliphatic heterocycles. The van der Waals surface area contributed by atoms with Crippen molar-refractivity contribution in [2.24, 2.45) is 16.6 Å². The van der Waals surface area contributed by atoms with Gasteiger partial charge in [-0.15, -0.1) is 24.0 Å². The number of primary amides is 1. The molecule has 1 amide bonds. The van der Waals surface area contributed by atoms with E-state index in [0.717, 1.165) is 19.3 Å². The summed E-state index contributed by atoms with van der Waals surface area (Å²) in [7, 11) is 1.67. The molecule has 120 valence electrons. The fraction of sp³-hybridized carbons (Fsp3) is 0.500. The van der Waals surface area contributed by atoms with Crippen LogP contribution in [0.25, 0.3) is 0 Å². The number of nitrogens with two attached hydrogens (primary N) is 1. The van der Waals surface area contributed by atoms with Crippen LogP contribution in [0, 0.1) is 17.2 Å². The van der Waals surface area contributed by atoms with Crippen molar-refractivity contribution in [2.75, 3.05) is 7.05 Å². The van der Waals surface area contributed by atoms with Gasteiger partial charge in [-0.1, -0.05) is 0 Å². The third-order valence-corrected chi connectivity index (χ3v) is 3.56. The Morgan fingerprint density at radius 2 is 2.32 bits per heavy atom. The zero-order chi connectivity index (χ0) is 15.2. The van der Waals surface area contributed by atoms with Crippen LogP contribution in [0.3, 0.4) is 0 Å². The molecule has 0 bridgehead atoms. The summed E-state index contributed by atoms with van der Waals surface area (Å²) in [6.07, 6.45) is 2.93. The van der Waals surface area contributed by atoms with E-state index in [-0.39, 0.29) is 41.7 Å². The van der Waals surface area contributed by atoms with Crippen molar-refractivity contribution in [3.63, 3.8) is 0 Å². The highest BCUT2D eigenvalue weighted by Gasteiger charge is 2.27. The largest absolute Gasteiger partial charge is 0.454 e. The molecule has 1 aliphatic carbocycles. The monoisotopic (exact) mass is 417 g/mol. The number of furan rings is 1. The van der Waals surface area contributed by atoms with Crippen LogP contribution in [0.15, 0.2) is 21.5 Å².